The number of ketones is 1. The maximum atomic E-state index is 15.1. The van der Waals surface area contributed by atoms with Gasteiger partial charge in [-0.3, -0.25) is 4.79 Å². The third kappa shape index (κ3) is 5.92. The Balaban J connectivity index is 2.01. The molecule has 0 unspecified atom stereocenters. The summed E-state index contributed by atoms with van der Waals surface area (Å²) in [6.45, 7) is 0. The summed E-state index contributed by atoms with van der Waals surface area (Å²) < 4.78 is 117. The van der Waals surface area contributed by atoms with Crippen LogP contribution in [0.15, 0.2) is 0 Å². The molecule has 0 aliphatic heterocycles. The van der Waals surface area contributed by atoms with Crippen LogP contribution < -0.4 is 0 Å². The van der Waals surface area contributed by atoms with E-state index in [2.05, 4.69) is 0 Å². The van der Waals surface area contributed by atoms with Gasteiger partial charge in [0.25, 0.3) is 0 Å². The molecule has 0 aromatic rings. The lowest BCUT2D eigenvalue weighted by Crippen LogP contribution is -2.51. The first-order chi connectivity index (χ1) is 16.7. The van der Waals surface area contributed by atoms with Crippen LogP contribution in [0.5, 0.6) is 0 Å². The van der Waals surface area contributed by atoms with Crippen molar-refractivity contribution in [2.24, 2.45) is 23.2 Å². The van der Waals surface area contributed by atoms with Gasteiger partial charge in [-0.25, -0.2) is 16.8 Å². The second-order valence-corrected chi connectivity index (χ2v) is 14.2. The Bertz CT molecular complexity index is 933. The molecule has 3 rings (SSSR count). The van der Waals surface area contributed by atoms with Gasteiger partial charge >= 0.3 is 10.8 Å². The van der Waals surface area contributed by atoms with Crippen molar-refractivity contribution >= 4 is 25.8 Å². The van der Waals surface area contributed by atoms with Crippen molar-refractivity contribution < 1.29 is 43.6 Å². The number of carbonyl (C=O) groups excluding carboxylic acids is 1. The molecule has 0 aromatic heterocycles. The Morgan fingerprint density at radius 1 is 0.611 bits per heavy atom. The van der Waals surface area contributed by atoms with Crippen molar-refractivity contribution in [1.29, 1.82) is 0 Å². The summed E-state index contributed by atoms with van der Waals surface area (Å²) in [6.07, 6.45) is 11.7. The fourth-order valence-corrected chi connectivity index (χ4v) is 9.20. The van der Waals surface area contributed by atoms with Gasteiger partial charge in [0.2, 0.25) is 5.78 Å². The summed E-state index contributed by atoms with van der Waals surface area (Å²) in [5.41, 5.74) is -7.07. The quantitative estimate of drug-likeness (QED) is 0.286. The van der Waals surface area contributed by atoms with E-state index in [0.717, 1.165) is 96.3 Å². The molecule has 0 radical (unpaired) electrons. The Morgan fingerprint density at radius 2 is 0.944 bits per heavy atom. The molecule has 0 aromatic carbocycles. The van der Waals surface area contributed by atoms with Gasteiger partial charge < -0.3 is 4.13 Å². The van der Waals surface area contributed by atoms with Crippen LogP contribution >= 0.6 is 0 Å². The molecular formula is C23H35F5NO5S2-. The highest BCUT2D eigenvalue weighted by Crippen LogP contribution is 2.59. The standard InChI is InChI=1S/C23H35F5NO5S2/c24-22(25,35(31,32)29-36(33,34)23(26,27)28)20(30)16-21(17-10-4-1-5-11-17,18-12-6-2-7-13-18)19-14-8-3-9-15-19/h17-19H,1-16H2/q-1. The molecule has 0 atom stereocenters. The van der Waals surface area contributed by atoms with E-state index in [-0.39, 0.29) is 17.8 Å². The topological polar surface area (TPSA) is 99.4 Å². The average Bonchev–Trinajstić information content (AvgIpc) is 2.82. The third-order valence-corrected chi connectivity index (χ3v) is 11.7. The van der Waals surface area contributed by atoms with E-state index in [9.17, 15) is 34.8 Å². The second-order valence-electron chi connectivity index (χ2n) is 10.7. The molecule has 0 heterocycles. The first-order valence-electron chi connectivity index (χ1n) is 12.9. The monoisotopic (exact) mass is 564 g/mol. The third-order valence-electron chi connectivity index (χ3n) is 8.70. The molecule has 3 saturated carbocycles. The van der Waals surface area contributed by atoms with Crippen LogP contribution in [0.1, 0.15) is 103 Å². The van der Waals surface area contributed by atoms with E-state index in [4.69, 9.17) is 0 Å². The van der Waals surface area contributed by atoms with E-state index >= 15 is 8.78 Å². The predicted octanol–water partition coefficient (Wildman–Crippen LogP) is 6.82. The highest BCUT2D eigenvalue weighted by molar-refractivity contribution is 8.13. The second kappa shape index (κ2) is 11.1. The van der Waals surface area contributed by atoms with Gasteiger partial charge in [-0.05, 0) is 61.7 Å². The zero-order chi connectivity index (χ0) is 26.8. The lowest BCUT2D eigenvalue weighted by Gasteiger charge is -2.55. The normalized spacial score (nSPS) is 23.0. The minimum atomic E-state index is -6.77. The lowest BCUT2D eigenvalue weighted by atomic mass is 9.50. The minimum absolute atomic E-state index is 0.0734. The van der Waals surface area contributed by atoms with Crippen LogP contribution in [0, 0.1) is 23.2 Å². The highest BCUT2D eigenvalue weighted by Gasteiger charge is 2.57. The van der Waals surface area contributed by atoms with E-state index < -0.39 is 48.4 Å². The largest absolute Gasteiger partial charge is 0.480 e. The minimum Gasteiger partial charge on any atom is -0.423 e. The van der Waals surface area contributed by atoms with Crippen molar-refractivity contribution in [1.82, 2.24) is 0 Å². The highest BCUT2D eigenvalue weighted by atomic mass is 32.3. The molecule has 0 spiro atoms. The number of alkyl halides is 5. The fraction of sp³-hybridized carbons (Fsp3) is 0.957. The summed E-state index contributed by atoms with van der Waals surface area (Å²) >= 11 is 0. The van der Waals surface area contributed by atoms with Crippen molar-refractivity contribution in [2.45, 2.75) is 113 Å². The van der Waals surface area contributed by atoms with Gasteiger partial charge in [-0.2, -0.15) is 22.0 Å². The fourth-order valence-electron chi connectivity index (χ4n) is 7.10. The van der Waals surface area contributed by atoms with Gasteiger partial charge in [-0.1, -0.05) is 57.8 Å². The van der Waals surface area contributed by atoms with Crippen molar-refractivity contribution in [3.05, 3.63) is 4.13 Å². The zero-order valence-electron chi connectivity index (χ0n) is 20.2. The van der Waals surface area contributed by atoms with Gasteiger partial charge in [0.15, 0.2) is 20.0 Å². The summed E-state index contributed by atoms with van der Waals surface area (Å²) in [6, 6.07) is 0. The van der Waals surface area contributed by atoms with Crippen LogP contribution in [0.3, 0.4) is 0 Å². The van der Waals surface area contributed by atoms with E-state index in [1.54, 1.807) is 0 Å². The van der Waals surface area contributed by atoms with Crippen LogP contribution in [-0.2, 0) is 24.8 Å². The van der Waals surface area contributed by atoms with Crippen LogP contribution in [-0.4, -0.2) is 33.4 Å². The number of halogens is 5. The molecule has 210 valence electrons. The molecule has 6 nitrogen and oxygen atoms in total. The molecule has 0 bridgehead atoms. The molecule has 0 saturated heterocycles. The number of carbonyl (C=O) groups is 1. The van der Waals surface area contributed by atoms with Crippen molar-refractivity contribution in [3.63, 3.8) is 0 Å². The zero-order valence-corrected chi connectivity index (χ0v) is 21.9. The van der Waals surface area contributed by atoms with Crippen LogP contribution in [0.25, 0.3) is 4.13 Å². The number of hydrogen-bond donors (Lipinski definition) is 0. The van der Waals surface area contributed by atoms with Gasteiger partial charge in [-0.15, -0.1) is 0 Å². The van der Waals surface area contributed by atoms with Crippen molar-refractivity contribution in [2.75, 3.05) is 0 Å². The molecule has 13 heteroatoms. The average molecular weight is 565 g/mol. The van der Waals surface area contributed by atoms with Crippen LogP contribution in [0.2, 0.25) is 0 Å². The van der Waals surface area contributed by atoms with Crippen molar-refractivity contribution in [3.8, 4) is 0 Å². The molecule has 3 aliphatic rings. The molecule has 0 amide bonds. The van der Waals surface area contributed by atoms with Gasteiger partial charge in [0.05, 0.1) is 0 Å². The Morgan fingerprint density at radius 3 is 1.25 bits per heavy atom. The number of Topliss-reactive ketones (excluding diaryl/α,β-unsaturated/α-hetero) is 1. The Labute approximate surface area is 210 Å². The smallest absolute Gasteiger partial charge is 0.423 e. The Hall–Kier alpha value is -0.820. The summed E-state index contributed by atoms with van der Waals surface area (Å²) in [4.78, 5) is 13.1. The van der Waals surface area contributed by atoms with E-state index in [1.807, 2.05) is 0 Å². The van der Waals surface area contributed by atoms with E-state index in [1.165, 1.54) is 4.13 Å². The lowest BCUT2D eigenvalue weighted by molar-refractivity contribution is -0.143. The first-order valence-corrected chi connectivity index (χ1v) is 15.7. The van der Waals surface area contributed by atoms with Crippen LogP contribution in [0.4, 0.5) is 22.0 Å². The predicted molar refractivity (Wildman–Crippen MR) is 124 cm³/mol. The number of nitrogens with zero attached hydrogens (tertiary/aromatic N) is 1. The SMILES string of the molecule is O=C(CC(C1CCCCC1)(C1CCCCC1)C1CCCCC1)C(F)(F)S(=O)(=O)[N-]S(=O)(=O)C(F)(F)F. The molecular weight excluding hydrogens is 529 g/mol. The van der Waals surface area contributed by atoms with Gasteiger partial charge in [0, 0.05) is 6.42 Å². The number of sulfonamides is 2. The summed E-state index contributed by atoms with van der Waals surface area (Å²) in [7, 11) is -13.4. The molecule has 36 heavy (non-hydrogen) atoms. The first kappa shape index (κ1) is 29.7. The maximum Gasteiger partial charge on any atom is 0.480 e. The number of rotatable bonds is 9. The molecule has 0 N–H and O–H groups in total. The Kier molecular flexibility index (Phi) is 9.18. The van der Waals surface area contributed by atoms with Gasteiger partial charge in [0.1, 0.15) is 0 Å². The molecule has 3 fully saturated rings. The summed E-state index contributed by atoms with van der Waals surface area (Å²) in [5.74, 6) is -2.27. The number of hydrogen-bond acceptors (Lipinski definition) is 5. The summed E-state index contributed by atoms with van der Waals surface area (Å²) in [5, 5.41) is -5.38. The van der Waals surface area contributed by atoms with E-state index in [0.29, 0.717) is 0 Å². The molecule has 3 aliphatic carbocycles. The maximum absolute atomic E-state index is 15.1.